The van der Waals surface area contributed by atoms with Crippen molar-refractivity contribution in [2.45, 2.75) is 13.5 Å². The zero-order chi connectivity index (χ0) is 17.8. The number of hydrogen-bond acceptors (Lipinski definition) is 2. The largest absolute Gasteiger partial charge is 0.332 e. The fourth-order valence-corrected chi connectivity index (χ4v) is 3.10. The summed E-state index contributed by atoms with van der Waals surface area (Å²) in [7, 11) is 0. The monoisotopic (exact) mass is 390 g/mol. The molecule has 0 aliphatic carbocycles. The second-order valence-corrected chi connectivity index (χ2v) is 6.77. The maximum atomic E-state index is 6.20. The quantitative estimate of drug-likeness (QED) is 0.588. The molecule has 1 heterocycles. The van der Waals surface area contributed by atoms with Gasteiger partial charge in [0.15, 0.2) is 10.9 Å². The maximum Gasteiger partial charge on any atom is 0.176 e. The molecule has 0 atom stereocenters. The average Bonchev–Trinajstić information content (AvgIpc) is 2.98. The Kier molecular flexibility index (Phi) is 5.58. The van der Waals surface area contributed by atoms with Crippen molar-refractivity contribution in [3.63, 3.8) is 0 Å². The lowest BCUT2D eigenvalue weighted by atomic mass is 10.2. The smallest absolute Gasteiger partial charge is 0.176 e. The van der Waals surface area contributed by atoms with E-state index < -0.39 is 0 Å². The van der Waals surface area contributed by atoms with Crippen LogP contribution in [0.3, 0.4) is 0 Å². The zero-order valence-corrected chi connectivity index (χ0v) is 15.8. The standard InChI is InChI=1S/C18H16Cl2N4S/c1-12-4-2-5-13(10-12)21-18(25)22-17-8-9-24(23-17)11-14-15(19)6-3-7-16(14)20/h2-10H,11H2,1H3,(H2,21,22,23,25). The van der Waals surface area contributed by atoms with Crippen LogP contribution >= 0.6 is 35.4 Å². The van der Waals surface area contributed by atoms with Gasteiger partial charge in [0.25, 0.3) is 0 Å². The fraction of sp³-hybridized carbons (Fsp3) is 0.111. The fourth-order valence-electron chi connectivity index (χ4n) is 2.36. The highest BCUT2D eigenvalue weighted by Crippen LogP contribution is 2.25. The first kappa shape index (κ1) is 17.7. The van der Waals surface area contributed by atoms with E-state index in [4.69, 9.17) is 35.4 Å². The number of anilines is 2. The molecule has 0 bridgehead atoms. The van der Waals surface area contributed by atoms with Crippen molar-refractivity contribution in [3.8, 4) is 0 Å². The van der Waals surface area contributed by atoms with E-state index in [1.807, 2.05) is 61.7 Å². The van der Waals surface area contributed by atoms with Crippen LogP contribution in [0.1, 0.15) is 11.1 Å². The molecule has 0 aliphatic rings. The van der Waals surface area contributed by atoms with E-state index in [-0.39, 0.29) is 0 Å². The van der Waals surface area contributed by atoms with Gasteiger partial charge in [-0.15, -0.1) is 0 Å². The van der Waals surface area contributed by atoms with E-state index in [9.17, 15) is 0 Å². The maximum absolute atomic E-state index is 6.20. The van der Waals surface area contributed by atoms with E-state index in [1.165, 1.54) is 0 Å². The minimum absolute atomic E-state index is 0.478. The number of hydrogen-bond donors (Lipinski definition) is 2. The molecule has 0 spiro atoms. The summed E-state index contributed by atoms with van der Waals surface area (Å²) < 4.78 is 1.75. The third-order valence-electron chi connectivity index (χ3n) is 3.54. The summed E-state index contributed by atoms with van der Waals surface area (Å²) in [6, 6.07) is 15.3. The van der Waals surface area contributed by atoms with Crippen LogP contribution in [-0.4, -0.2) is 14.9 Å². The van der Waals surface area contributed by atoms with Gasteiger partial charge < -0.3 is 10.6 Å². The molecule has 25 heavy (non-hydrogen) atoms. The Labute approximate surface area is 161 Å². The number of thiocarbonyl (C=S) groups is 1. The molecule has 2 aromatic carbocycles. The normalized spacial score (nSPS) is 10.5. The number of rotatable bonds is 4. The van der Waals surface area contributed by atoms with Crippen molar-refractivity contribution in [3.05, 3.63) is 75.9 Å². The highest BCUT2D eigenvalue weighted by atomic mass is 35.5. The summed E-state index contributed by atoms with van der Waals surface area (Å²) in [5.74, 6) is 0.647. The first-order chi connectivity index (χ1) is 12.0. The summed E-state index contributed by atoms with van der Waals surface area (Å²) >= 11 is 17.7. The van der Waals surface area contributed by atoms with Crippen molar-refractivity contribution < 1.29 is 0 Å². The van der Waals surface area contributed by atoms with Crippen molar-refractivity contribution in [1.29, 1.82) is 0 Å². The molecule has 3 aromatic rings. The molecule has 1 aromatic heterocycles. The van der Waals surface area contributed by atoms with Crippen LogP contribution in [-0.2, 0) is 6.54 Å². The van der Waals surface area contributed by atoms with Crippen molar-refractivity contribution >= 4 is 52.0 Å². The van der Waals surface area contributed by atoms with Crippen molar-refractivity contribution in [2.24, 2.45) is 0 Å². The molecule has 0 aliphatic heterocycles. The Morgan fingerprint density at radius 3 is 2.52 bits per heavy atom. The zero-order valence-electron chi connectivity index (χ0n) is 13.5. The van der Waals surface area contributed by atoms with Crippen LogP contribution in [0.15, 0.2) is 54.7 Å². The molecule has 0 saturated carbocycles. The topological polar surface area (TPSA) is 41.9 Å². The molecular formula is C18H16Cl2N4S. The van der Waals surface area contributed by atoms with Gasteiger partial charge in [-0.1, -0.05) is 41.4 Å². The Bertz CT molecular complexity index is 887. The number of benzene rings is 2. The molecule has 0 saturated heterocycles. The van der Waals surface area contributed by atoms with E-state index >= 15 is 0 Å². The van der Waals surface area contributed by atoms with Crippen LogP contribution in [0, 0.1) is 6.92 Å². The van der Waals surface area contributed by atoms with E-state index in [0.717, 1.165) is 16.8 Å². The summed E-state index contributed by atoms with van der Waals surface area (Å²) in [5.41, 5.74) is 2.93. The second kappa shape index (κ2) is 7.87. The highest BCUT2D eigenvalue weighted by molar-refractivity contribution is 7.80. The summed E-state index contributed by atoms with van der Waals surface area (Å²) in [4.78, 5) is 0. The van der Waals surface area contributed by atoms with Gasteiger partial charge in [0.2, 0.25) is 0 Å². The third-order valence-corrected chi connectivity index (χ3v) is 4.45. The van der Waals surface area contributed by atoms with Crippen molar-refractivity contribution in [1.82, 2.24) is 9.78 Å². The van der Waals surface area contributed by atoms with Gasteiger partial charge in [-0.3, -0.25) is 4.68 Å². The molecule has 0 radical (unpaired) electrons. The highest BCUT2D eigenvalue weighted by Gasteiger charge is 2.08. The van der Waals surface area contributed by atoms with Crippen LogP contribution in [0.4, 0.5) is 11.5 Å². The summed E-state index contributed by atoms with van der Waals surface area (Å²) in [5, 5.41) is 12.4. The lowest BCUT2D eigenvalue weighted by molar-refractivity contribution is 0.690. The minimum Gasteiger partial charge on any atom is -0.332 e. The molecule has 0 amide bonds. The SMILES string of the molecule is Cc1cccc(NC(=S)Nc2ccn(Cc3c(Cl)cccc3Cl)n2)c1. The molecule has 7 heteroatoms. The molecular weight excluding hydrogens is 375 g/mol. The third kappa shape index (κ3) is 4.72. The van der Waals surface area contributed by atoms with Gasteiger partial charge in [0.1, 0.15) is 0 Å². The molecule has 0 unspecified atom stereocenters. The van der Waals surface area contributed by atoms with Gasteiger partial charge in [0.05, 0.1) is 6.54 Å². The first-order valence-corrected chi connectivity index (χ1v) is 8.79. The number of nitrogens with one attached hydrogen (secondary N) is 2. The van der Waals surface area contributed by atoms with Gasteiger partial charge in [-0.05, 0) is 49.0 Å². The molecule has 3 rings (SSSR count). The van der Waals surface area contributed by atoms with Crippen LogP contribution < -0.4 is 10.6 Å². The van der Waals surface area contributed by atoms with E-state index in [2.05, 4.69) is 15.7 Å². The average molecular weight is 391 g/mol. The molecule has 128 valence electrons. The Hall–Kier alpha value is -2.08. The number of nitrogens with zero attached hydrogens (tertiary/aromatic N) is 2. The summed E-state index contributed by atoms with van der Waals surface area (Å²) in [6.45, 7) is 2.52. The van der Waals surface area contributed by atoms with Crippen LogP contribution in [0.25, 0.3) is 0 Å². The Morgan fingerprint density at radius 2 is 1.80 bits per heavy atom. The predicted molar refractivity (Wildman–Crippen MR) is 109 cm³/mol. The Morgan fingerprint density at radius 1 is 1.08 bits per heavy atom. The minimum atomic E-state index is 0.478. The van der Waals surface area contributed by atoms with Crippen LogP contribution in [0.2, 0.25) is 10.0 Å². The molecule has 0 fully saturated rings. The number of aryl methyl sites for hydroxylation is 1. The van der Waals surface area contributed by atoms with E-state index in [0.29, 0.717) is 27.5 Å². The molecule has 4 nitrogen and oxygen atoms in total. The van der Waals surface area contributed by atoms with Crippen molar-refractivity contribution in [2.75, 3.05) is 10.6 Å². The van der Waals surface area contributed by atoms with E-state index in [1.54, 1.807) is 4.68 Å². The summed E-state index contributed by atoms with van der Waals surface area (Å²) in [6.07, 6.45) is 1.84. The lowest BCUT2D eigenvalue weighted by Gasteiger charge is -2.09. The number of halogens is 2. The van der Waals surface area contributed by atoms with Gasteiger partial charge in [0, 0.05) is 33.6 Å². The Balaban J connectivity index is 1.64. The number of aromatic nitrogens is 2. The second-order valence-electron chi connectivity index (χ2n) is 5.55. The van der Waals surface area contributed by atoms with Crippen LogP contribution in [0.5, 0.6) is 0 Å². The van der Waals surface area contributed by atoms with Gasteiger partial charge in [-0.25, -0.2) is 0 Å². The lowest BCUT2D eigenvalue weighted by Crippen LogP contribution is -2.19. The predicted octanol–water partition coefficient (Wildman–Crippen LogP) is 5.36. The van der Waals surface area contributed by atoms with Gasteiger partial charge in [-0.2, -0.15) is 5.10 Å². The van der Waals surface area contributed by atoms with Gasteiger partial charge >= 0.3 is 0 Å². The first-order valence-electron chi connectivity index (χ1n) is 7.62. The molecule has 2 N–H and O–H groups in total.